The molecule has 10 nitrogen and oxygen atoms in total. The zero-order chi connectivity index (χ0) is 33.2. The molecule has 2 heterocycles. The molecule has 0 aliphatic rings. The predicted molar refractivity (Wildman–Crippen MR) is 177 cm³/mol. The first kappa shape index (κ1) is 34.3. The smallest absolute Gasteiger partial charge is 0.333 e. The zero-order valence-electron chi connectivity index (χ0n) is 25.4. The third kappa shape index (κ3) is 9.44. The number of amides is 2. The fourth-order valence-electron chi connectivity index (χ4n) is 4.84. The first-order valence-electron chi connectivity index (χ1n) is 14.4. The number of carbonyl (C=O) groups excluding carboxylic acids is 4. The number of benzene rings is 2. The highest BCUT2D eigenvalue weighted by molar-refractivity contribution is 7.10. The van der Waals surface area contributed by atoms with E-state index < -0.39 is 47.3 Å². The minimum absolute atomic E-state index is 0.471. The summed E-state index contributed by atoms with van der Waals surface area (Å²) < 4.78 is 10.0. The van der Waals surface area contributed by atoms with Crippen LogP contribution >= 0.6 is 22.7 Å². The van der Waals surface area contributed by atoms with E-state index in [-0.39, 0.29) is 0 Å². The Labute approximate surface area is 275 Å². The van der Waals surface area contributed by atoms with E-state index in [1.54, 1.807) is 0 Å². The van der Waals surface area contributed by atoms with Crippen LogP contribution in [0.25, 0.3) is 0 Å². The zero-order valence-corrected chi connectivity index (χ0v) is 27.0. The van der Waals surface area contributed by atoms with E-state index in [2.05, 4.69) is 10.6 Å². The number of ether oxygens (including phenoxy) is 2. The van der Waals surface area contributed by atoms with Crippen molar-refractivity contribution in [1.82, 2.24) is 10.6 Å². The molecule has 0 saturated heterocycles. The van der Waals surface area contributed by atoms with E-state index in [1.807, 2.05) is 110 Å². The summed E-state index contributed by atoms with van der Waals surface area (Å²) in [4.78, 5) is 52.5. The van der Waals surface area contributed by atoms with Gasteiger partial charge in [-0.1, -0.05) is 72.8 Å². The fourth-order valence-corrected chi connectivity index (χ4v) is 6.53. The van der Waals surface area contributed by atoms with Crippen LogP contribution in [0, 0.1) is 0 Å². The van der Waals surface area contributed by atoms with E-state index in [9.17, 15) is 19.2 Å². The molecule has 0 bridgehead atoms. The van der Waals surface area contributed by atoms with Crippen molar-refractivity contribution in [3.63, 3.8) is 0 Å². The minimum atomic E-state index is -1.66. The van der Waals surface area contributed by atoms with Crippen molar-refractivity contribution in [3.05, 3.63) is 129 Å². The van der Waals surface area contributed by atoms with Crippen LogP contribution in [-0.2, 0) is 52.6 Å². The summed E-state index contributed by atoms with van der Waals surface area (Å²) in [6.45, 7) is 3.72. The van der Waals surface area contributed by atoms with Crippen molar-refractivity contribution in [3.8, 4) is 0 Å². The van der Waals surface area contributed by atoms with E-state index in [4.69, 9.17) is 20.9 Å². The number of nitrogens with one attached hydrogen (secondary N) is 2. The Morgan fingerprint density at radius 3 is 1.35 bits per heavy atom. The molecule has 6 N–H and O–H groups in total. The summed E-state index contributed by atoms with van der Waals surface area (Å²) in [6.07, 6.45) is -0.883. The van der Waals surface area contributed by atoms with E-state index in [0.29, 0.717) is 12.8 Å². The largest absolute Gasteiger partial charge is 0.434 e. The molecule has 2 aromatic carbocycles. The van der Waals surface area contributed by atoms with Crippen molar-refractivity contribution in [2.75, 3.05) is 0 Å². The van der Waals surface area contributed by atoms with Gasteiger partial charge in [0.2, 0.25) is 12.5 Å². The van der Waals surface area contributed by atoms with Gasteiger partial charge in [-0.2, -0.15) is 0 Å². The van der Waals surface area contributed by atoms with Crippen molar-refractivity contribution >= 4 is 46.4 Å². The van der Waals surface area contributed by atoms with Crippen LogP contribution in [0.3, 0.4) is 0 Å². The normalized spacial score (nSPS) is 15.1. The lowest BCUT2D eigenvalue weighted by atomic mass is 9.91. The Morgan fingerprint density at radius 2 is 1.02 bits per heavy atom. The summed E-state index contributed by atoms with van der Waals surface area (Å²) in [5.41, 5.74) is 12.1. The molecule has 46 heavy (non-hydrogen) atoms. The predicted octanol–water partition coefficient (Wildman–Crippen LogP) is 3.87. The molecule has 0 aliphatic carbocycles. The Bertz CT molecular complexity index is 1510. The molecule has 2 amide bonds. The Balaban J connectivity index is 1.30. The summed E-state index contributed by atoms with van der Waals surface area (Å²) in [7, 11) is 0. The van der Waals surface area contributed by atoms with Crippen molar-refractivity contribution < 1.29 is 28.7 Å². The highest BCUT2D eigenvalue weighted by atomic mass is 32.1. The van der Waals surface area contributed by atoms with Gasteiger partial charge >= 0.3 is 11.9 Å². The quantitative estimate of drug-likeness (QED) is 0.0900. The summed E-state index contributed by atoms with van der Waals surface area (Å²) in [5, 5.41) is 9.58. The summed E-state index contributed by atoms with van der Waals surface area (Å²) in [5.74, 6) is -3.57. The van der Waals surface area contributed by atoms with Crippen LogP contribution in [0.5, 0.6) is 0 Å². The molecule has 0 aliphatic heterocycles. The van der Waals surface area contributed by atoms with Crippen LogP contribution in [0.15, 0.2) is 108 Å². The first-order valence-corrected chi connectivity index (χ1v) is 16.1. The van der Waals surface area contributed by atoms with E-state index >= 15 is 0 Å². The van der Waals surface area contributed by atoms with Crippen molar-refractivity contribution in [2.24, 2.45) is 11.5 Å². The number of hydrogen-bond acceptors (Lipinski definition) is 10. The number of rotatable bonds is 14. The molecule has 240 valence electrons. The van der Waals surface area contributed by atoms with Gasteiger partial charge in [0.1, 0.15) is 0 Å². The van der Waals surface area contributed by atoms with Crippen molar-refractivity contribution in [2.45, 2.75) is 50.2 Å². The van der Waals surface area contributed by atoms with Gasteiger partial charge in [-0.15, -0.1) is 22.7 Å². The lowest BCUT2D eigenvalue weighted by Gasteiger charge is -2.31. The first-order chi connectivity index (χ1) is 22.0. The minimum Gasteiger partial charge on any atom is -0.434 e. The maximum absolute atomic E-state index is 13.0. The number of hydrogen-bond donors (Lipinski definition) is 4. The van der Waals surface area contributed by atoms with Gasteiger partial charge in [0.05, 0.1) is 11.1 Å². The molecule has 0 saturated carbocycles. The lowest BCUT2D eigenvalue weighted by molar-refractivity contribution is -0.153. The molecule has 12 heteroatoms. The standard InChI is InChI=1S/C34H36N4O6S2/c1-33(25-15-9-19-45-25,21-23-11-5-3-6-12-23)37-31(41)29(35)43-27(39)17-18-28(40)44-30(36)32(42)38-34(2,26-16-10-20-46-26)22-24-13-7-4-8-14-24/h3-20,29-30H,21-22,35-36H2,1-2H3,(H,37,41)(H,38,42)/b18-17-. The van der Waals surface area contributed by atoms with Crippen LogP contribution in [0.4, 0.5) is 0 Å². The second-order valence-corrected chi connectivity index (χ2v) is 12.9. The van der Waals surface area contributed by atoms with Gasteiger partial charge in [0.15, 0.2) is 0 Å². The third-order valence-electron chi connectivity index (χ3n) is 7.09. The van der Waals surface area contributed by atoms with Crippen LogP contribution < -0.4 is 22.1 Å². The molecule has 4 aromatic rings. The van der Waals surface area contributed by atoms with Gasteiger partial charge in [0, 0.05) is 34.7 Å². The Morgan fingerprint density at radius 1 is 0.652 bits per heavy atom. The van der Waals surface area contributed by atoms with Crippen molar-refractivity contribution in [1.29, 1.82) is 0 Å². The Kier molecular flexibility index (Phi) is 11.6. The Hall–Kier alpha value is -4.62. The molecular weight excluding hydrogens is 625 g/mol. The highest BCUT2D eigenvalue weighted by Crippen LogP contribution is 2.30. The second kappa shape index (κ2) is 15.6. The number of esters is 2. The molecule has 0 fully saturated rings. The number of nitrogens with two attached hydrogens (primary N) is 2. The summed E-state index contributed by atoms with van der Waals surface area (Å²) >= 11 is 2.95. The maximum Gasteiger partial charge on any atom is 0.333 e. The average Bonchev–Trinajstić information content (AvgIpc) is 3.77. The van der Waals surface area contributed by atoms with Gasteiger partial charge < -0.3 is 20.1 Å². The van der Waals surface area contributed by atoms with Crippen LogP contribution in [0.1, 0.15) is 34.7 Å². The monoisotopic (exact) mass is 660 g/mol. The molecule has 0 radical (unpaired) electrons. The van der Waals surface area contributed by atoms with Gasteiger partial charge in [-0.25, -0.2) is 9.59 Å². The molecule has 4 rings (SSSR count). The molecule has 0 spiro atoms. The van der Waals surface area contributed by atoms with Gasteiger partial charge in [-0.05, 0) is 47.9 Å². The summed E-state index contributed by atoms with van der Waals surface area (Å²) in [6, 6.07) is 26.8. The topological polar surface area (TPSA) is 163 Å². The van der Waals surface area contributed by atoms with Gasteiger partial charge in [-0.3, -0.25) is 21.1 Å². The van der Waals surface area contributed by atoms with Crippen LogP contribution in [-0.4, -0.2) is 36.2 Å². The molecular formula is C34H36N4O6S2. The maximum atomic E-state index is 13.0. The fraction of sp³-hybridized carbons (Fsp3) is 0.235. The highest BCUT2D eigenvalue weighted by Gasteiger charge is 2.34. The number of thiophene rings is 2. The number of carbonyl (C=O) groups is 4. The second-order valence-electron chi connectivity index (χ2n) is 11.0. The van der Waals surface area contributed by atoms with E-state index in [0.717, 1.165) is 33.0 Å². The van der Waals surface area contributed by atoms with Gasteiger partial charge in [0.25, 0.3) is 11.8 Å². The molecule has 2 aromatic heterocycles. The third-order valence-corrected chi connectivity index (χ3v) is 9.36. The van der Waals surface area contributed by atoms with E-state index in [1.165, 1.54) is 22.7 Å². The van der Waals surface area contributed by atoms with Crippen LogP contribution in [0.2, 0.25) is 0 Å². The average molecular weight is 661 g/mol. The molecule has 4 unspecified atom stereocenters. The lowest BCUT2D eigenvalue weighted by Crippen LogP contribution is -2.52. The SMILES string of the molecule is CC(Cc1ccccc1)(NC(=O)C(N)OC(=O)/C=C\C(=O)OC(N)C(=O)NC(C)(Cc1ccccc1)c1cccs1)c1cccs1. The molecule has 4 atom stereocenters.